The molecule has 0 spiro atoms. The van der Waals surface area contributed by atoms with E-state index >= 15 is 0 Å². The standard InChI is InChI=1S/C18H23N5O4/c1-25-8-6-19-15(16-18(24)23(11-21-16)7-9-26-2)13-10-12-14(27-3)4-5-20-17(12)22-13/h4-5,10-11,24H,6-9H2,1-3H3,(H,20,22). The molecule has 2 N–H and O–H groups in total. The Morgan fingerprint density at radius 1 is 1.22 bits per heavy atom. The molecule has 27 heavy (non-hydrogen) atoms. The zero-order valence-corrected chi connectivity index (χ0v) is 15.6. The molecule has 3 rings (SSSR count). The lowest BCUT2D eigenvalue weighted by Gasteiger charge is -2.05. The summed E-state index contributed by atoms with van der Waals surface area (Å²) in [5, 5.41) is 11.4. The van der Waals surface area contributed by atoms with Crippen LogP contribution in [0.2, 0.25) is 0 Å². The van der Waals surface area contributed by atoms with Gasteiger partial charge in [0.15, 0.2) is 5.69 Å². The molecule has 3 aromatic rings. The van der Waals surface area contributed by atoms with Crippen molar-refractivity contribution in [2.24, 2.45) is 4.99 Å². The van der Waals surface area contributed by atoms with Gasteiger partial charge in [-0.05, 0) is 12.1 Å². The number of aromatic hydroxyl groups is 1. The number of nitrogens with one attached hydrogen (secondary N) is 1. The lowest BCUT2D eigenvalue weighted by Crippen LogP contribution is -2.09. The highest BCUT2D eigenvalue weighted by Gasteiger charge is 2.20. The Labute approximate surface area is 156 Å². The van der Waals surface area contributed by atoms with Crippen LogP contribution in [0, 0.1) is 0 Å². The van der Waals surface area contributed by atoms with Crippen molar-refractivity contribution in [3.8, 4) is 11.6 Å². The molecule has 0 saturated carbocycles. The topological polar surface area (TPSA) is 107 Å². The number of rotatable bonds is 9. The summed E-state index contributed by atoms with van der Waals surface area (Å²) in [4.78, 5) is 16.5. The van der Waals surface area contributed by atoms with Crippen LogP contribution >= 0.6 is 0 Å². The van der Waals surface area contributed by atoms with Crippen molar-refractivity contribution in [3.05, 3.63) is 36.0 Å². The maximum Gasteiger partial charge on any atom is 0.221 e. The minimum Gasteiger partial charge on any atom is -0.496 e. The molecule has 0 aromatic carbocycles. The van der Waals surface area contributed by atoms with Gasteiger partial charge in [-0.1, -0.05) is 0 Å². The predicted octanol–water partition coefficient (Wildman–Crippen LogP) is 1.60. The Kier molecular flexibility index (Phi) is 6.05. The molecule has 9 nitrogen and oxygen atoms in total. The number of hydrogen-bond acceptors (Lipinski definition) is 7. The van der Waals surface area contributed by atoms with Crippen LogP contribution in [0.15, 0.2) is 29.6 Å². The molecule has 144 valence electrons. The quantitative estimate of drug-likeness (QED) is 0.436. The first-order chi connectivity index (χ1) is 13.2. The fourth-order valence-electron chi connectivity index (χ4n) is 2.74. The van der Waals surface area contributed by atoms with Crippen LogP contribution in [-0.2, 0) is 16.0 Å². The number of hydrogen-bond donors (Lipinski definition) is 2. The molecule has 0 radical (unpaired) electrons. The van der Waals surface area contributed by atoms with E-state index in [1.807, 2.05) is 6.07 Å². The monoisotopic (exact) mass is 373 g/mol. The number of methoxy groups -OCH3 is 3. The number of imidazole rings is 1. The van der Waals surface area contributed by atoms with Gasteiger partial charge >= 0.3 is 0 Å². The average molecular weight is 373 g/mol. The summed E-state index contributed by atoms with van der Waals surface area (Å²) < 4.78 is 17.2. The highest BCUT2D eigenvalue weighted by Crippen LogP contribution is 2.27. The molecule has 9 heteroatoms. The van der Waals surface area contributed by atoms with Gasteiger partial charge in [-0.2, -0.15) is 0 Å². The Bertz CT molecular complexity index is 931. The average Bonchev–Trinajstić information content (AvgIpc) is 3.27. The van der Waals surface area contributed by atoms with Gasteiger partial charge in [0.25, 0.3) is 0 Å². The maximum atomic E-state index is 10.6. The van der Waals surface area contributed by atoms with Gasteiger partial charge < -0.3 is 24.3 Å². The van der Waals surface area contributed by atoms with E-state index in [4.69, 9.17) is 14.2 Å². The summed E-state index contributed by atoms with van der Waals surface area (Å²) >= 11 is 0. The minimum absolute atomic E-state index is 0.0294. The van der Waals surface area contributed by atoms with E-state index in [0.717, 1.165) is 5.39 Å². The third-order valence-electron chi connectivity index (χ3n) is 4.10. The van der Waals surface area contributed by atoms with Crippen molar-refractivity contribution in [1.29, 1.82) is 0 Å². The lowest BCUT2D eigenvalue weighted by atomic mass is 10.2. The van der Waals surface area contributed by atoms with Crippen molar-refractivity contribution in [2.75, 3.05) is 41.1 Å². The summed E-state index contributed by atoms with van der Waals surface area (Å²) in [6, 6.07) is 3.68. The third-order valence-corrected chi connectivity index (χ3v) is 4.10. The van der Waals surface area contributed by atoms with E-state index in [9.17, 15) is 5.11 Å². The van der Waals surface area contributed by atoms with Gasteiger partial charge in [0.1, 0.15) is 17.1 Å². The molecule has 0 fully saturated rings. The van der Waals surface area contributed by atoms with Crippen LogP contribution in [0.5, 0.6) is 11.6 Å². The number of H-pyrrole nitrogens is 1. The SMILES string of the molecule is COCCN=C(c1cc2c(OC)ccnc2[nH]1)c1ncn(CCOC)c1O. The smallest absolute Gasteiger partial charge is 0.221 e. The molecule has 0 amide bonds. The van der Waals surface area contributed by atoms with Crippen LogP contribution in [0.3, 0.4) is 0 Å². The van der Waals surface area contributed by atoms with Crippen molar-refractivity contribution in [2.45, 2.75) is 6.54 Å². The highest BCUT2D eigenvalue weighted by molar-refractivity contribution is 6.14. The first-order valence-electron chi connectivity index (χ1n) is 8.48. The lowest BCUT2D eigenvalue weighted by molar-refractivity contribution is 0.184. The summed E-state index contributed by atoms with van der Waals surface area (Å²) in [7, 11) is 4.83. The van der Waals surface area contributed by atoms with Gasteiger partial charge in [0, 0.05) is 20.4 Å². The van der Waals surface area contributed by atoms with Crippen LogP contribution in [0.25, 0.3) is 11.0 Å². The number of fused-ring (bicyclic) bond motifs is 1. The molecular weight excluding hydrogens is 350 g/mol. The maximum absolute atomic E-state index is 10.6. The zero-order valence-electron chi connectivity index (χ0n) is 15.6. The van der Waals surface area contributed by atoms with E-state index in [0.29, 0.717) is 54.8 Å². The largest absolute Gasteiger partial charge is 0.496 e. The summed E-state index contributed by atoms with van der Waals surface area (Å²) in [5.41, 5.74) is 2.26. The molecule has 0 atom stereocenters. The van der Waals surface area contributed by atoms with Crippen molar-refractivity contribution >= 4 is 16.7 Å². The second-order valence-electron chi connectivity index (χ2n) is 5.78. The van der Waals surface area contributed by atoms with E-state index in [1.54, 1.807) is 44.5 Å². The molecular formula is C18H23N5O4. The number of ether oxygens (including phenoxy) is 3. The normalized spacial score (nSPS) is 12.0. The molecule has 0 aliphatic rings. The Hall–Kier alpha value is -2.91. The van der Waals surface area contributed by atoms with Gasteiger partial charge in [-0.25, -0.2) is 9.97 Å². The second kappa shape index (κ2) is 8.65. The molecule has 0 bridgehead atoms. The molecule has 0 aliphatic heterocycles. The van der Waals surface area contributed by atoms with E-state index in [2.05, 4.69) is 19.9 Å². The second-order valence-corrected chi connectivity index (χ2v) is 5.78. The first kappa shape index (κ1) is 18.9. The number of nitrogens with zero attached hydrogens (tertiary/aromatic N) is 4. The van der Waals surface area contributed by atoms with Crippen LogP contribution < -0.4 is 4.74 Å². The van der Waals surface area contributed by atoms with Gasteiger partial charge in [0.05, 0.1) is 50.8 Å². The third kappa shape index (κ3) is 3.93. The van der Waals surface area contributed by atoms with Crippen LogP contribution in [0.1, 0.15) is 11.4 Å². The van der Waals surface area contributed by atoms with Crippen molar-refractivity contribution in [3.63, 3.8) is 0 Å². The number of aromatic amines is 1. The Morgan fingerprint density at radius 3 is 2.78 bits per heavy atom. The van der Waals surface area contributed by atoms with Crippen LogP contribution in [0.4, 0.5) is 0 Å². The summed E-state index contributed by atoms with van der Waals surface area (Å²) in [6.07, 6.45) is 3.23. The van der Waals surface area contributed by atoms with E-state index in [1.165, 1.54) is 0 Å². The fourth-order valence-corrected chi connectivity index (χ4v) is 2.74. The number of pyridine rings is 1. The molecule has 3 aromatic heterocycles. The molecule has 0 unspecified atom stereocenters. The fraction of sp³-hybridized carbons (Fsp3) is 0.389. The zero-order chi connectivity index (χ0) is 19.2. The van der Waals surface area contributed by atoms with Crippen molar-refractivity contribution < 1.29 is 19.3 Å². The molecule has 0 aliphatic carbocycles. The Balaban J connectivity index is 2.05. The number of aromatic nitrogens is 4. The summed E-state index contributed by atoms with van der Waals surface area (Å²) in [5.74, 6) is 0.732. The first-order valence-corrected chi connectivity index (χ1v) is 8.48. The van der Waals surface area contributed by atoms with Gasteiger partial charge in [-0.15, -0.1) is 0 Å². The Morgan fingerprint density at radius 2 is 2.04 bits per heavy atom. The van der Waals surface area contributed by atoms with E-state index in [-0.39, 0.29) is 5.88 Å². The molecule has 0 saturated heterocycles. The van der Waals surface area contributed by atoms with Gasteiger partial charge in [-0.3, -0.25) is 9.56 Å². The predicted molar refractivity (Wildman–Crippen MR) is 101 cm³/mol. The number of aliphatic imine (C=N–C) groups is 1. The van der Waals surface area contributed by atoms with Gasteiger partial charge in [0.2, 0.25) is 5.88 Å². The minimum atomic E-state index is 0.0294. The van der Waals surface area contributed by atoms with Crippen molar-refractivity contribution in [1.82, 2.24) is 19.5 Å². The highest BCUT2D eigenvalue weighted by atomic mass is 16.5. The summed E-state index contributed by atoms with van der Waals surface area (Å²) in [6.45, 7) is 1.84. The molecule has 3 heterocycles. The van der Waals surface area contributed by atoms with E-state index < -0.39 is 0 Å². The van der Waals surface area contributed by atoms with Crippen LogP contribution in [-0.4, -0.2) is 71.4 Å².